The van der Waals surface area contributed by atoms with Gasteiger partial charge < -0.3 is 4.74 Å². The lowest BCUT2D eigenvalue weighted by Gasteiger charge is -2.06. The van der Waals surface area contributed by atoms with Gasteiger partial charge in [-0.05, 0) is 30.5 Å². The maximum atomic E-state index is 12.4. The Morgan fingerprint density at radius 2 is 1.96 bits per heavy atom. The van der Waals surface area contributed by atoms with E-state index in [1.54, 1.807) is 23.0 Å². The molecular weight excluding hydrogens is 398 g/mol. The van der Waals surface area contributed by atoms with Crippen LogP contribution in [0, 0.1) is 6.92 Å². The molecule has 0 saturated heterocycles. The molecule has 3 heterocycles. The summed E-state index contributed by atoms with van der Waals surface area (Å²) >= 11 is 4.53. The number of thiazole rings is 1. The molecule has 4 aromatic rings. The molecule has 0 fully saturated rings. The Morgan fingerprint density at radius 3 is 2.78 bits per heavy atom. The van der Waals surface area contributed by atoms with E-state index in [9.17, 15) is 4.79 Å². The van der Waals surface area contributed by atoms with Crippen LogP contribution in [0.25, 0.3) is 10.2 Å². The van der Waals surface area contributed by atoms with Gasteiger partial charge in [-0.1, -0.05) is 29.5 Å². The van der Waals surface area contributed by atoms with E-state index in [-0.39, 0.29) is 5.56 Å². The van der Waals surface area contributed by atoms with Crippen molar-refractivity contribution in [3.05, 3.63) is 67.7 Å². The minimum Gasteiger partial charge on any atom is -0.486 e. The summed E-state index contributed by atoms with van der Waals surface area (Å²) in [6, 6.07) is 9.87. The van der Waals surface area contributed by atoms with E-state index < -0.39 is 0 Å². The second-order valence-electron chi connectivity index (χ2n) is 6.02. The fourth-order valence-electron chi connectivity index (χ4n) is 2.50. The molecule has 3 aromatic heterocycles. The zero-order valence-corrected chi connectivity index (χ0v) is 17.3. The van der Waals surface area contributed by atoms with Crippen LogP contribution < -0.4 is 10.3 Å². The normalized spacial score (nSPS) is 11.2. The molecule has 4 rings (SSSR count). The summed E-state index contributed by atoms with van der Waals surface area (Å²) in [5.41, 5.74) is 2.94. The van der Waals surface area contributed by atoms with Crippen LogP contribution in [0.4, 0.5) is 0 Å². The van der Waals surface area contributed by atoms with Crippen LogP contribution in [0.1, 0.15) is 16.3 Å². The van der Waals surface area contributed by atoms with Crippen LogP contribution in [-0.2, 0) is 19.4 Å². The molecule has 0 atom stereocenters. The molecule has 138 valence electrons. The molecule has 0 aliphatic heterocycles. The van der Waals surface area contributed by atoms with Crippen molar-refractivity contribution in [3.8, 4) is 5.75 Å². The maximum absolute atomic E-state index is 12.4. The van der Waals surface area contributed by atoms with Gasteiger partial charge in [0.05, 0.1) is 11.2 Å². The Morgan fingerprint density at radius 1 is 1.15 bits per heavy atom. The van der Waals surface area contributed by atoms with Crippen LogP contribution in [0.2, 0.25) is 0 Å². The van der Waals surface area contributed by atoms with Crippen LogP contribution in [0.5, 0.6) is 5.75 Å². The summed E-state index contributed by atoms with van der Waals surface area (Å²) in [4.78, 5) is 21.6. The van der Waals surface area contributed by atoms with Gasteiger partial charge in [0.25, 0.3) is 5.56 Å². The highest BCUT2D eigenvalue weighted by molar-refractivity contribution is 7.98. The number of aryl methyl sites for hydroxylation is 1. The molecule has 8 heteroatoms. The molecule has 0 spiro atoms. The van der Waals surface area contributed by atoms with Gasteiger partial charge in [-0.15, -0.1) is 22.7 Å². The van der Waals surface area contributed by atoms with E-state index in [4.69, 9.17) is 4.74 Å². The molecule has 27 heavy (non-hydrogen) atoms. The van der Waals surface area contributed by atoms with Crippen molar-refractivity contribution < 1.29 is 4.74 Å². The van der Waals surface area contributed by atoms with Crippen molar-refractivity contribution in [2.24, 2.45) is 7.05 Å². The number of thiophene rings is 1. The maximum Gasteiger partial charge on any atom is 0.271 e. The van der Waals surface area contributed by atoms with Crippen molar-refractivity contribution in [1.82, 2.24) is 14.5 Å². The monoisotopic (exact) mass is 415 g/mol. The number of ether oxygens (including phenoxy) is 1. The Kier molecular flexibility index (Phi) is 5.29. The molecule has 1 aromatic carbocycles. The summed E-state index contributed by atoms with van der Waals surface area (Å²) in [6.07, 6.45) is 0. The second-order valence-corrected chi connectivity index (χ2v) is 8.82. The third-order valence-electron chi connectivity index (χ3n) is 3.98. The SMILES string of the molecule is Cc1ccc(OCc2nc(CSc3nc4ccsc4c(=O)n3C)cs2)cc1. The fourth-order valence-corrected chi connectivity index (χ4v) is 4.98. The lowest BCUT2D eigenvalue weighted by atomic mass is 10.2. The Bertz CT molecular complexity index is 1130. The number of hydrogen-bond acceptors (Lipinski definition) is 7. The van der Waals surface area contributed by atoms with Crippen molar-refractivity contribution in [1.29, 1.82) is 0 Å². The molecule has 0 aliphatic carbocycles. The molecule has 0 radical (unpaired) electrons. The molecule has 0 N–H and O–H groups in total. The van der Waals surface area contributed by atoms with Crippen LogP contribution >= 0.6 is 34.4 Å². The van der Waals surface area contributed by atoms with Crippen LogP contribution in [0.15, 0.2) is 51.0 Å². The zero-order chi connectivity index (χ0) is 18.8. The average Bonchev–Trinajstić information content (AvgIpc) is 3.32. The highest BCUT2D eigenvalue weighted by Crippen LogP contribution is 2.24. The molecule has 5 nitrogen and oxygen atoms in total. The Balaban J connectivity index is 1.40. The first kappa shape index (κ1) is 18.2. The number of nitrogens with zero attached hydrogens (tertiary/aromatic N) is 3. The smallest absolute Gasteiger partial charge is 0.271 e. The summed E-state index contributed by atoms with van der Waals surface area (Å²) in [5.74, 6) is 1.51. The first-order chi connectivity index (χ1) is 13.1. The van der Waals surface area contributed by atoms with E-state index in [0.717, 1.165) is 22.0 Å². The van der Waals surface area contributed by atoms with E-state index >= 15 is 0 Å². The van der Waals surface area contributed by atoms with Crippen molar-refractivity contribution in [3.63, 3.8) is 0 Å². The van der Waals surface area contributed by atoms with Crippen molar-refractivity contribution >= 4 is 44.7 Å². The molecule has 0 amide bonds. The fraction of sp³-hybridized carbons (Fsp3) is 0.211. The van der Waals surface area contributed by atoms with E-state index in [1.807, 2.05) is 41.1 Å². The summed E-state index contributed by atoms with van der Waals surface area (Å²) in [7, 11) is 1.76. The number of fused-ring (bicyclic) bond motifs is 1. The predicted molar refractivity (Wildman–Crippen MR) is 112 cm³/mol. The van der Waals surface area contributed by atoms with Gasteiger partial charge in [0, 0.05) is 18.2 Å². The first-order valence-electron chi connectivity index (χ1n) is 8.30. The quantitative estimate of drug-likeness (QED) is 0.339. The molecule has 0 aliphatic rings. The zero-order valence-electron chi connectivity index (χ0n) is 14.8. The number of thioether (sulfide) groups is 1. The van der Waals surface area contributed by atoms with E-state index in [2.05, 4.69) is 16.9 Å². The number of aromatic nitrogens is 3. The minimum absolute atomic E-state index is 0.00275. The van der Waals surface area contributed by atoms with Gasteiger partial charge >= 0.3 is 0 Å². The number of hydrogen-bond donors (Lipinski definition) is 0. The molecule has 0 unspecified atom stereocenters. The second kappa shape index (κ2) is 7.84. The number of rotatable bonds is 6. The van der Waals surface area contributed by atoms with Gasteiger partial charge in [-0.2, -0.15) is 0 Å². The van der Waals surface area contributed by atoms with Gasteiger partial charge in [0.1, 0.15) is 22.1 Å². The first-order valence-corrected chi connectivity index (χ1v) is 11.0. The predicted octanol–water partition coefficient (Wildman–Crippen LogP) is 4.63. The van der Waals surface area contributed by atoms with Crippen molar-refractivity contribution in [2.75, 3.05) is 0 Å². The van der Waals surface area contributed by atoms with E-state index in [0.29, 0.717) is 22.2 Å². The lowest BCUT2D eigenvalue weighted by Crippen LogP contribution is -2.18. The van der Waals surface area contributed by atoms with Crippen molar-refractivity contribution in [2.45, 2.75) is 24.4 Å². The Labute approximate surface area is 168 Å². The summed E-state index contributed by atoms with van der Waals surface area (Å²) in [6.45, 7) is 2.51. The largest absolute Gasteiger partial charge is 0.486 e. The van der Waals surface area contributed by atoms with Gasteiger partial charge in [0.2, 0.25) is 0 Å². The van der Waals surface area contributed by atoms with Crippen LogP contribution in [0.3, 0.4) is 0 Å². The topological polar surface area (TPSA) is 57.0 Å². The highest BCUT2D eigenvalue weighted by atomic mass is 32.2. The third kappa shape index (κ3) is 4.07. The third-order valence-corrected chi connectivity index (χ3v) is 6.80. The number of benzene rings is 1. The van der Waals surface area contributed by atoms with Gasteiger partial charge in [0.15, 0.2) is 5.16 Å². The average molecular weight is 416 g/mol. The molecular formula is C19H17N3O2S3. The van der Waals surface area contributed by atoms with Gasteiger partial charge in [-0.3, -0.25) is 9.36 Å². The standard InChI is InChI=1S/C19H17N3O2S3/c1-12-3-5-14(6-4-12)24-9-16-20-13(10-26-16)11-27-19-21-15-7-8-25-17(15)18(23)22(19)2/h3-8,10H,9,11H2,1-2H3. The minimum atomic E-state index is 0.00275. The van der Waals surface area contributed by atoms with Gasteiger partial charge in [-0.25, -0.2) is 9.97 Å². The summed E-state index contributed by atoms with van der Waals surface area (Å²) in [5, 5.41) is 5.56. The van der Waals surface area contributed by atoms with Crippen LogP contribution in [-0.4, -0.2) is 14.5 Å². The molecule has 0 bridgehead atoms. The molecule has 0 saturated carbocycles. The lowest BCUT2D eigenvalue weighted by molar-refractivity contribution is 0.305. The van der Waals surface area contributed by atoms with E-state index in [1.165, 1.54) is 28.7 Å². The Hall–Kier alpha value is -2.16. The highest BCUT2D eigenvalue weighted by Gasteiger charge is 2.11. The summed E-state index contributed by atoms with van der Waals surface area (Å²) < 4.78 is 8.09.